The Kier molecular flexibility index (Phi) is 5.39. The predicted molar refractivity (Wildman–Crippen MR) is 112 cm³/mol. The molecule has 0 radical (unpaired) electrons. The van der Waals surface area contributed by atoms with Gasteiger partial charge < -0.3 is 5.32 Å². The summed E-state index contributed by atoms with van der Waals surface area (Å²) in [4.78, 5) is 34.2. The van der Waals surface area contributed by atoms with Crippen LogP contribution in [-0.2, 0) is 24.1 Å². The molecule has 0 atom stereocenters. The van der Waals surface area contributed by atoms with E-state index in [0.29, 0.717) is 16.7 Å². The summed E-state index contributed by atoms with van der Waals surface area (Å²) >= 11 is 1.69. The molecule has 29 heavy (non-hydrogen) atoms. The van der Waals surface area contributed by atoms with Gasteiger partial charge in [-0.2, -0.15) is 5.10 Å². The van der Waals surface area contributed by atoms with Gasteiger partial charge in [-0.1, -0.05) is 6.07 Å². The average molecular weight is 406 g/mol. The third kappa shape index (κ3) is 4.35. The number of carbonyl (C=O) groups is 1. The van der Waals surface area contributed by atoms with E-state index in [1.807, 2.05) is 42.6 Å². The van der Waals surface area contributed by atoms with Gasteiger partial charge in [-0.15, -0.1) is 11.8 Å². The molecule has 0 fully saturated rings. The highest BCUT2D eigenvalue weighted by molar-refractivity contribution is 7.98. The first-order valence-electron chi connectivity index (χ1n) is 8.89. The number of hydrogen-bond donors (Lipinski definition) is 1. The number of benzene rings is 1. The lowest BCUT2D eigenvalue weighted by Gasteiger charge is -2.08. The molecule has 3 heterocycles. The minimum absolute atomic E-state index is 0.117. The van der Waals surface area contributed by atoms with Crippen LogP contribution < -0.4 is 10.9 Å². The van der Waals surface area contributed by atoms with E-state index >= 15 is 0 Å². The molecule has 0 aliphatic carbocycles. The molecule has 9 heteroatoms. The Balaban J connectivity index is 1.37. The van der Waals surface area contributed by atoms with E-state index < -0.39 is 0 Å². The third-order valence-corrected chi connectivity index (χ3v) is 5.38. The molecule has 1 aromatic carbocycles. The van der Waals surface area contributed by atoms with Crippen LogP contribution in [0.5, 0.6) is 0 Å². The zero-order chi connectivity index (χ0) is 20.2. The molecule has 4 rings (SSSR count). The number of aromatic nitrogens is 5. The van der Waals surface area contributed by atoms with Gasteiger partial charge in [0.25, 0.3) is 5.56 Å². The molecule has 0 spiro atoms. The summed E-state index contributed by atoms with van der Waals surface area (Å²) in [6.07, 6.45) is 6.43. The zero-order valence-corrected chi connectivity index (χ0v) is 16.5. The standard InChI is InChI=1S/C20H18N6O2S/c1-25-19-17(10-23-25)20(28)26(13-22-19)11-18(27)24-15-4-6-16(7-5-15)29-12-14-3-2-8-21-9-14/h2-10,13H,11-12H2,1H3,(H,24,27). The maximum absolute atomic E-state index is 12.4. The lowest BCUT2D eigenvalue weighted by atomic mass is 10.3. The van der Waals surface area contributed by atoms with Gasteiger partial charge in [0.15, 0.2) is 5.65 Å². The Labute approximate surface area is 170 Å². The molecule has 0 saturated carbocycles. The van der Waals surface area contributed by atoms with Gasteiger partial charge in [0.1, 0.15) is 18.3 Å². The fourth-order valence-corrected chi connectivity index (χ4v) is 3.65. The average Bonchev–Trinajstić information content (AvgIpc) is 3.12. The molecule has 4 aromatic rings. The Bertz CT molecular complexity index is 1200. The van der Waals surface area contributed by atoms with E-state index in [-0.39, 0.29) is 18.0 Å². The highest BCUT2D eigenvalue weighted by Crippen LogP contribution is 2.23. The van der Waals surface area contributed by atoms with Crippen LogP contribution >= 0.6 is 11.8 Å². The molecule has 3 aromatic heterocycles. The molecular weight excluding hydrogens is 388 g/mol. The first-order chi connectivity index (χ1) is 14.1. The largest absolute Gasteiger partial charge is 0.325 e. The van der Waals surface area contributed by atoms with E-state index in [1.54, 1.807) is 25.0 Å². The van der Waals surface area contributed by atoms with Crippen LogP contribution in [0.4, 0.5) is 5.69 Å². The molecular formula is C20H18N6O2S. The SMILES string of the molecule is Cn1ncc2c(=O)n(CC(=O)Nc3ccc(SCc4cccnc4)cc3)cnc21. The number of rotatable bonds is 6. The maximum Gasteiger partial charge on any atom is 0.264 e. The van der Waals surface area contributed by atoms with Crippen molar-refractivity contribution in [2.75, 3.05) is 5.32 Å². The molecule has 0 aliphatic heterocycles. The second-order valence-corrected chi connectivity index (χ2v) is 7.45. The first kappa shape index (κ1) is 18.9. The van der Waals surface area contributed by atoms with Crippen LogP contribution in [0.25, 0.3) is 11.0 Å². The molecule has 0 aliphatic rings. The first-order valence-corrected chi connectivity index (χ1v) is 9.87. The number of nitrogens with zero attached hydrogens (tertiary/aromatic N) is 5. The van der Waals surface area contributed by atoms with Gasteiger partial charge >= 0.3 is 0 Å². The fourth-order valence-electron chi connectivity index (χ4n) is 2.82. The van der Waals surface area contributed by atoms with Crippen LogP contribution in [0.1, 0.15) is 5.56 Å². The number of anilines is 1. The number of thioether (sulfide) groups is 1. The van der Waals surface area contributed by atoms with Crippen molar-refractivity contribution in [3.05, 3.63) is 77.2 Å². The molecule has 0 unspecified atom stereocenters. The number of aryl methyl sites for hydroxylation is 1. The van der Waals surface area contributed by atoms with Gasteiger partial charge in [0, 0.05) is 35.8 Å². The van der Waals surface area contributed by atoms with Crippen LogP contribution in [-0.4, -0.2) is 30.2 Å². The maximum atomic E-state index is 12.4. The molecule has 8 nitrogen and oxygen atoms in total. The summed E-state index contributed by atoms with van der Waals surface area (Å²) in [5, 5.41) is 7.21. The smallest absolute Gasteiger partial charge is 0.264 e. The van der Waals surface area contributed by atoms with E-state index in [4.69, 9.17) is 0 Å². The lowest BCUT2D eigenvalue weighted by Crippen LogP contribution is -2.27. The summed E-state index contributed by atoms with van der Waals surface area (Å²) in [5.74, 6) is 0.527. The van der Waals surface area contributed by atoms with Crippen molar-refractivity contribution in [2.24, 2.45) is 7.05 Å². The van der Waals surface area contributed by atoms with Gasteiger partial charge in [-0.25, -0.2) is 4.98 Å². The van der Waals surface area contributed by atoms with Crippen molar-refractivity contribution in [1.82, 2.24) is 24.3 Å². The van der Waals surface area contributed by atoms with Crippen molar-refractivity contribution >= 4 is 34.4 Å². The van der Waals surface area contributed by atoms with Gasteiger partial charge in [-0.05, 0) is 35.9 Å². The van der Waals surface area contributed by atoms with Crippen LogP contribution in [0.3, 0.4) is 0 Å². The Morgan fingerprint density at radius 2 is 2.00 bits per heavy atom. The second kappa shape index (κ2) is 8.27. The summed E-state index contributed by atoms with van der Waals surface area (Å²) in [5.41, 5.74) is 2.02. The van der Waals surface area contributed by atoms with Crippen LogP contribution in [0.2, 0.25) is 0 Å². The van der Waals surface area contributed by atoms with E-state index in [1.165, 1.54) is 21.8 Å². The minimum atomic E-state index is -0.298. The van der Waals surface area contributed by atoms with E-state index in [0.717, 1.165) is 16.2 Å². The van der Waals surface area contributed by atoms with Gasteiger partial charge in [0.2, 0.25) is 5.91 Å². The monoisotopic (exact) mass is 406 g/mol. The number of hydrogen-bond acceptors (Lipinski definition) is 6. The van der Waals surface area contributed by atoms with Gasteiger partial charge in [0.05, 0.1) is 6.20 Å². The van der Waals surface area contributed by atoms with Crippen LogP contribution in [0, 0.1) is 0 Å². The second-order valence-electron chi connectivity index (χ2n) is 6.41. The summed E-state index contributed by atoms with van der Waals surface area (Å²) in [6, 6.07) is 11.5. The van der Waals surface area contributed by atoms with Gasteiger partial charge in [-0.3, -0.25) is 23.8 Å². The lowest BCUT2D eigenvalue weighted by molar-refractivity contribution is -0.116. The summed E-state index contributed by atoms with van der Waals surface area (Å²) in [6.45, 7) is -0.117. The number of fused-ring (bicyclic) bond motifs is 1. The Hall–Kier alpha value is -3.46. The van der Waals surface area contributed by atoms with Crippen molar-refractivity contribution in [2.45, 2.75) is 17.2 Å². The summed E-state index contributed by atoms with van der Waals surface area (Å²) in [7, 11) is 1.71. The highest BCUT2D eigenvalue weighted by Gasteiger charge is 2.11. The van der Waals surface area contributed by atoms with Crippen molar-refractivity contribution in [3.63, 3.8) is 0 Å². The minimum Gasteiger partial charge on any atom is -0.325 e. The topological polar surface area (TPSA) is 94.7 Å². The fraction of sp³-hybridized carbons (Fsp3) is 0.150. The van der Waals surface area contributed by atoms with E-state index in [9.17, 15) is 9.59 Å². The van der Waals surface area contributed by atoms with Crippen molar-refractivity contribution in [3.8, 4) is 0 Å². The Morgan fingerprint density at radius 3 is 2.76 bits per heavy atom. The number of pyridine rings is 1. The molecule has 146 valence electrons. The highest BCUT2D eigenvalue weighted by atomic mass is 32.2. The number of amides is 1. The van der Waals surface area contributed by atoms with Crippen molar-refractivity contribution in [1.29, 1.82) is 0 Å². The Morgan fingerprint density at radius 1 is 1.17 bits per heavy atom. The van der Waals surface area contributed by atoms with Crippen LogP contribution in [0.15, 0.2) is 71.0 Å². The van der Waals surface area contributed by atoms with Crippen molar-refractivity contribution < 1.29 is 4.79 Å². The predicted octanol–water partition coefficient (Wildman–Crippen LogP) is 2.46. The number of nitrogens with one attached hydrogen (secondary N) is 1. The van der Waals surface area contributed by atoms with E-state index in [2.05, 4.69) is 20.4 Å². The molecule has 0 bridgehead atoms. The molecule has 1 N–H and O–H groups in total. The quantitative estimate of drug-likeness (QED) is 0.494. The molecule has 1 amide bonds. The normalized spacial score (nSPS) is 10.9. The summed E-state index contributed by atoms with van der Waals surface area (Å²) < 4.78 is 2.80. The number of carbonyl (C=O) groups excluding carboxylic acids is 1. The third-order valence-electron chi connectivity index (χ3n) is 4.30. The molecule has 0 saturated heterocycles. The zero-order valence-electron chi connectivity index (χ0n) is 15.6.